The van der Waals surface area contributed by atoms with Gasteiger partial charge in [0.1, 0.15) is 5.01 Å². The molecule has 3 heterocycles. The Morgan fingerprint density at radius 1 is 1.18 bits per heavy atom. The molecule has 0 saturated carbocycles. The lowest BCUT2D eigenvalue weighted by molar-refractivity contribution is 0.102. The van der Waals surface area contributed by atoms with Gasteiger partial charge < -0.3 is 0 Å². The second-order valence-electron chi connectivity index (χ2n) is 6.13. The fourth-order valence-corrected chi connectivity index (χ4v) is 6.05. The number of carbonyl (C=O) groups is 1. The number of anilines is 1. The molecule has 7 nitrogen and oxygen atoms in total. The van der Waals surface area contributed by atoms with Gasteiger partial charge in [-0.2, -0.15) is 15.6 Å². The van der Waals surface area contributed by atoms with Gasteiger partial charge in [0.2, 0.25) is 15.2 Å². The summed E-state index contributed by atoms with van der Waals surface area (Å²) >= 11 is 8.93. The molecule has 1 aromatic carbocycles. The van der Waals surface area contributed by atoms with E-state index in [1.807, 2.05) is 16.8 Å². The molecule has 28 heavy (non-hydrogen) atoms. The number of rotatable bonds is 5. The van der Waals surface area contributed by atoms with Gasteiger partial charge in [0.05, 0.1) is 15.5 Å². The van der Waals surface area contributed by atoms with Gasteiger partial charge in [-0.15, -0.1) is 10.2 Å². The molecule has 1 amide bonds. The van der Waals surface area contributed by atoms with Crippen molar-refractivity contribution < 1.29 is 13.2 Å². The molecule has 4 rings (SSSR count). The summed E-state index contributed by atoms with van der Waals surface area (Å²) in [6.07, 6.45) is 1.67. The lowest BCUT2D eigenvalue weighted by atomic mass is 10.2. The Morgan fingerprint density at radius 3 is 2.68 bits per heavy atom. The highest BCUT2D eigenvalue weighted by molar-refractivity contribution is 7.89. The van der Waals surface area contributed by atoms with E-state index >= 15 is 0 Å². The lowest BCUT2D eigenvalue weighted by Gasteiger charge is -2.16. The first kappa shape index (κ1) is 19.5. The largest absolute Gasteiger partial charge is 0.296 e. The predicted molar refractivity (Wildman–Crippen MR) is 111 cm³/mol. The van der Waals surface area contributed by atoms with Crippen molar-refractivity contribution in [2.24, 2.45) is 0 Å². The van der Waals surface area contributed by atoms with Gasteiger partial charge in [-0.25, -0.2) is 8.42 Å². The fourth-order valence-electron chi connectivity index (χ4n) is 2.86. The van der Waals surface area contributed by atoms with Crippen molar-refractivity contribution in [3.05, 3.63) is 45.6 Å². The molecular formula is C17H15ClN4O3S3. The standard InChI is InChI=1S/C17H15ClN4O3S3/c18-14-4-3-12(28(24,25)22-6-1-2-7-22)9-13(14)15(23)19-17-21-20-16(27-17)11-5-8-26-10-11/h3-5,8-10H,1-2,6-7H2,(H,19,21,23). The summed E-state index contributed by atoms with van der Waals surface area (Å²) in [7, 11) is -3.64. The van der Waals surface area contributed by atoms with Gasteiger partial charge in [-0.05, 0) is 42.5 Å². The van der Waals surface area contributed by atoms with Crippen LogP contribution in [0.3, 0.4) is 0 Å². The summed E-state index contributed by atoms with van der Waals surface area (Å²) in [6, 6.07) is 6.08. The molecule has 1 fully saturated rings. The highest BCUT2D eigenvalue weighted by Crippen LogP contribution is 2.29. The van der Waals surface area contributed by atoms with Crippen LogP contribution in [0.4, 0.5) is 5.13 Å². The van der Waals surface area contributed by atoms with Gasteiger partial charge in [-0.1, -0.05) is 22.9 Å². The average molecular weight is 455 g/mol. The van der Waals surface area contributed by atoms with Crippen molar-refractivity contribution in [2.75, 3.05) is 18.4 Å². The van der Waals surface area contributed by atoms with E-state index < -0.39 is 15.9 Å². The Balaban J connectivity index is 1.57. The van der Waals surface area contributed by atoms with Crippen molar-refractivity contribution in [3.63, 3.8) is 0 Å². The first-order valence-electron chi connectivity index (χ1n) is 8.42. The zero-order valence-corrected chi connectivity index (χ0v) is 17.7. The molecule has 3 aromatic rings. The van der Waals surface area contributed by atoms with Crippen LogP contribution in [-0.2, 0) is 10.0 Å². The van der Waals surface area contributed by atoms with Crippen molar-refractivity contribution in [1.82, 2.24) is 14.5 Å². The van der Waals surface area contributed by atoms with E-state index in [9.17, 15) is 13.2 Å². The predicted octanol–water partition coefficient (Wildman–Crippen LogP) is 3.96. The summed E-state index contributed by atoms with van der Waals surface area (Å²) in [5, 5.41) is 15.7. The summed E-state index contributed by atoms with van der Waals surface area (Å²) in [6.45, 7) is 0.977. The van der Waals surface area contributed by atoms with Gasteiger partial charge >= 0.3 is 0 Å². The van der Waals surface area contributed by atoms with Crippen LogP contribution in [0.1, 0.15) is 23.2 Å². The van der Waals surface area contributed by atoms with Crippen molar-refractivity contribution in [2.45, 2.75) is 17.7 Å². The third-order valence-corrected chi connectivity index (χ3v) is 8.09. The molecule has 0 unspecified atom stereocenters. The maximum atomic E-state index is 12.7. The Bertz CT molecular complexity index is 1110. The second-order valence-corrected chi connectivity index (χ2v) is 10.2. The first-order valence-corrected chi connectivity index (χ1v) is 12.0. The summed E-state index contributed by atoms with van der Waals surface area (Å²) in [5.74, 6) is -0.531. The minimum Gasteiger partial charge on any atom is -0.296 e. The molecular weight excluding hydrogens is 440 g/mol. The molecule has 11 heteroatoms. The normalized spacial score (nSPS) is 15.0. The zero-order chi connectivity index (χ0) is 19.7. The molecule has 0 bridgehead atoms. The van der Waals surface area contributed by atoms with E-state index in [1.54, 1.807) is 11.3 Å². The van der Waals surface area contributed by atoms with E-state index in [-0.39, 0.29) is 15.5 Å². The molecule has 1 aliphatic rings. The van der Waals surface area contributed by atoms with Crippen LogP contribution in [0.25, 0.3) is 10.6 Å². The molecule has 1 aliphatic heterocycles. The van der Waals surface area contributed by atoms with E-state index in [4.69, 9.17) is 11.6 Å². The van der Waals surface area contributed by atoms with Gasteiger partial charge in [0.25, 0.3) is 5.91 Å². The molecule has 1 N–H and O–H groups in total. The van der Waals surface area contributed by atoms with Gasteiger partial charge in [-0.3, -0.25) is 10.1 Å². The number of halogens is 1. The number of nitrogens with one attached hydrogen (secondary N) is 1. The SMILES string of the molecule is O=C(Nc1nnc(-c2ccsc2)s1)c1cc(S(=O)(=O)N2CCCC2)ccc1Cl. The van der Waals surface area contributed by atoms with Gasteiger partial charge in [0.15, 0.2) is 0 Å². The summed E-state index contributed by atoms with van der Waals surface area (Å²) in [4.78, 5) is 12.7. The maximum absolute atomic E-state index is 12.7. The van der Waals surface area contributed by atoms with Crippen LogP contribution in [0.15, 0.2) is 39.9 Å². The van der Waals surface area contributed by atoms with E-state index in [2.05, 4.69) is 15.5 Å². The summed E-state index contributed by atoms with van der Waals surface area (Å²) < 4.78 is 26.9. The third kappa shape index (κ3) is 3.83. The fraction of sp³-hybridized carbons (Fsp3) is 0.235. The zero-order valence-electron chi connectivity index (χ0n) is 14.5. The van der Waals surface area contributed by atoms with Crippen LogP contribution >= 0.6 is 34.3 Å². The third-order valence-electron chi connectivity index (χ3n) is 4.30. The molecule has 0 spiro atoms. The number of hydrogen-bond donors (Lipinski definition) is 1. The van der Waals surface area contributed by atoms with Crippen LogP contribution in [0.2, 0.25) is 5.02 Å². The highest BCUT2D eigenvalue weighted by atomic mass is 35.5. The van der Waals surface area contributed by atoms with Crippen LogP contribution < -0.4 is 5.32 Å². The Kier molecular flexibility index (Phi) is 5.48. The number of aromatic nitrogens is 2. The van der Waals surface area contributed by atoms with E-state index in [0.29, 0.717) is 23.2 Å². The number of amides is 1. The minimum absolute atomic E-state index is 0.0557. The molecule has 2 aromatic heterocycles. The molecule has 0 aliphatic carbocycles. The molecule has 146 valence electrons. The van der Waals surface area contributed by atoms with Crippen molar-refractivity contribution in [3.8, 4) is 10.6 Å². The number of thiophene rings is 1. The topological polar surface area (TPSA) is 92.3 Å². The van der Waals surface area contributed by atoms with Crippen LogP contribution in [0.5, 0.6) is 0 Å². The lowest BCUT2D eigenvalue weighted by Crippen LogP contribution is -2.28. The smallest absolute Gasteiger partial charge is 0.259 e. The highest BCUT2D eigenvalue weighted by Gasteiger charge is 2.28. The quantitative estimate of drug-likeness (QED) is 0.630. The van der Waals surface area contributed by atoms with Crippen LogP contribution in [-0.4, -0.2) is 41.9 Å². The Morgan fingerprint density at radius 2 is 1.96 bits per heavy atom. The average Bonchev–Trinajstić information content (AvgIpc) is 3.43. The minimum atomic E-state index is -3.64. The number of nitrogens with zero attached hydrogens (tertiary/aromatic N) is 3. The number of benzene rings is 1. The van der Waals surface area contributed by atoms with Crippen LogP contribution in [0, 0.1) is 0 Å². The Labute approximate surface area is 175 Å². The number of sulfonamides is 1. The van der Waals surface area contributed by atoms with E-state index in [0.717, 1.165) is 18.4 Å². The number of hydrogen-bond acceptors (Lipinski definition) is 7. The summed E-state index contributed by atoms with van der Waals surface area (Å²) in [5.41, 5.74) is 1.01. The van der Waals surface area contributed by atoms with E-state index in [1.165, 1.54) is 33.8 Å². The maximum Gasteiger partial charge on any atom is 0.259 e. The van der Waals surface area contributed by atoms with Gasteiger partial charge in [0, 0.05) is 24.0 Å². The van der Waals surface area contributed by atoms with Crippen molar-refractivity contribution >= 4 is 55.3 Å². The molecule has 1 saturated heterocycles. The first-order chi connectivity index (χ1) is 13.4. The molecule has 0 atom stereocenters. The molecule has 0 radical (unpaired) electrons. The van der Waals surface area contributed by atoms with Crippen molar-refractivity contribution in [1.29, 1.82) is 0 Å². The number of carbonyl (C=O) groups excluding carboxylic acids is 1. The second kappa shape index (κ2) is 7.88. The Hall–Kier alpha value is -1.85. The monoisotopic (exact) mass is 454 g/mol.